The number of nitrogens with two attached hydrogens (primary N) is 1. The van der Waals surface area contributed by atoms with Crippen LogP contribution in [-0.2, 0) is 19.2 Å². The van der Waals surface area contributed by atoms with Gasteiger partial charge in [-0.25, -0.2) is 9.37 Å². The van der Waals surface area contributed by atoms with Crippen molar-refractivity contribution in [3.63, 3.8) is 0 Å². The molecule has 2 aliphatic rings. The van der Waals surface area contributed by atoms with E-state index in [2.05, 4.69) is 20.3 Å². The fourth-order valence-electron chi connectivity index (χ4n) is 4.17. The Hall–Kier alpha value is -3.47. The number of fused-ring (bicyclic) bond motifs is 2. The summed E-state index contributed by atoms with van der Waals surface area (Å²) in [7, 11) is 0. The molecule has 2 saturated heterocycles. The Morgan fingerprint density at radius 3 is 2.90 bits per heavy atom. The number of hydrogen-bond acceptors (Lipinski definition) is 12. The molecule has 2 unspecified atom stereocenters. The molecule has 16 heteroatoms. The Balaban J connectivity index is 1.27. The second-order valence-electron chi connectivity index (χ2n) is 8.68. The Morgan fingerprint density at radius 1 is 1.38 bits per heavy atom. The van der Waals surface area contributed by atoms with Crippen LogP contribution in [0.25, 0.3) is 10.1 Å². The second kappa shape index (κ2) is 11.6. The van der Waals surface area contributed by atoms with Gasteiger partial charge in [-0.05, 0) is 17.5 Å². The molecule has 0 saturated carbocycles. The number of rotatable bonds is 9. The molecule has 208 valence electrons. The summed E-state index contributed by atoms with van der Waals surface area (Å²) in [5.74, 6) is -2.23. The highest BCUT2D eigenvalue weighted by molar-refractivity contribution is 8.04. The van der Waals surface area contributed by atoms with Crippen LogP contribution in [0.5, 0.6) is 0 Å². The molecule has 4 N–H and O–H groups in total. The molecule has 3 aromatic rings. The van der Waals surface area contributed by atoms with Crippen molar-refractivity contribution in [2.75, 3.05) is 24.9 Å². The van der Waals surface area contributed by atoms with Crippen LogP contribution in [0, 0.1) is 5.41 Å². The zero-order chi connectivity index (χ0) is 28.4. The Bertz CT molecular complexity index is 1610. The lowest BCUT2D eigenvalue weighted by atomic mass is 9.87. The largest absolute Gasteiger partial charge is 0.481 e. The van der Waals surface area contributed by atoms with Crippen LogP contribution in [-0.4, -0.2) is 69.1 Å². The number of alkyl halides is 1. The molecule has 4 heterocycles. The van der Waals surface area contributed by atoms with Crippen molar-refractivity contribution < 1.29 is 28.7 Å². The topological polar surface area (TPSA) is 164 Å². The minimum Gasteiger partial charge on any atom is -0.481 e. The number of nitrogens with one attached hydrogen (secondary N) is 1. The van der Waals surface area contributed by atoms with Gasteiger partial charge in [0.2, 0.25) is 5.91 Å². The Morgan fingerprint density at radius 2 is 2.17 bits per heavy atom. The fourth-order valence-corrected chi connectivity index (χ4v) is 8.30. The number of hydrogen-bond donors (Lipinski definition) is 3. The van der Waals surface area contributed by atoms with E-state index in [1.54, 1.807) is 23.6 Å². The highest BCUT2D eigenvalue weighted by atomic mass is 32.2. The number of benzene rings is 1. The number of anilines is 1. The molecular weight excluding hydrogens is 602 g/mol. The lowest BCUT2D eigenvalue weighted by Gasteiger charge is -2.53. The molecule has 5 rings (SSSR count). The summed E-state index contributed by atoms with van der Waals surface area (Å²) >= 11 is 4.93. The van der Waals surface area contributed by atoms with Gasteiger partial charge in [0.15, 0.2) is 16.3 Å². The van der Waals surface area contributed by atoms with Crippen LogP contribution in [0.2, 0.25) is 0 Å². The van der Waals surface area contributed by atoms with Gasteiger partial charge in [-0.1, -0.05) is 35.1 Å². The Kier molecular flexibility index (Phi) is 8.11. The Labute approximate surface area is 242 Å². The number of carbonyl (C=O) groups excluding carboxylic acids is 2. The van der Waals surface area contributed by atoms with Crippen molar-refractivity contribution in [1.29, 1.82) is 0 Å². The quantitative estimate of drug-likeness (QED) is 0.140. The van der Waals surface area contributed by atoms with Gasteiger partial charge in [0, 0.05) is 33.8 Å². The number of carboxylic acid groups (broad SMARTS) is 1. The third-order valence-electron chi connectivity index (χ3n) is 6.19. The molecule has 2 aliphatic heterocycles. The van der Waals surface area contributed by atoms with Crippen molar-refractivity contribution in [1.82, 2.24) is 15.2 Å². The molecule has 0 aliphatic carbocycles. The lowest BCUT2D eigenvalue weighted by molar-refractivity contribution is -0.156. The molecule has 0 radical (unpaired) electrons. The molecule has 0 spiro atoms. The third-order valence-corrected chi connectivity index (χ3v) is 10.5. The standard InChI is InChI=1S/C24H20FN5O6S4/c25-11-36-29-17(13-8-38-23(26)27-13)19(32)28-18-20(33)30-9-24(22(34)35,10-39-21(18)30)5-6-37-16-7-14(31)12-3-1-2-4-15(12)40-16/h1-8,18,21H,9-11H2,(H2,26,27)(H,28,32)(H,34,35)/t18?,21-,24?/m1/s1. The van der Waals surface area contributed by atoms with Crippen LogP contribution in [0.1, 0.15) is 5.69 Å². The molecule has 40 heavy (non-hydrogen) atoms. The average molecular weight is 622 g/mol. The maximum Gasteiger partial charge on any atom is 0.316 e. The van der Waals surface area contributed by atoms with E-state index in [0.29, 0.717) is 9.60 Å². The van der Waals surface area contributed by atoms with E-state index in [1.165, 1.54) is 51.2 Å². The lowest BCUT2D eigenvalue weighted by Crippen LogP contribution is -2.73. The summed E-state index contributed by atoms with van der Waals surface area (Å²) in [5, 5.41) is 19.5. The first-order valence-corrected chi connectivity index (χ1v) is 15.2. The van der Waals surface area contributed by atoms with Gasteiger partial charge < -0.3 is 25.9 Å². The number of β-lactam (4-membered cyclic amide) rings is 1. The van der Waals surface area contributed by atoms with E-state index >= 15 is 0 Å². The van der Waals surface area contributed by atoms with E-state index in [0.717, 1.165) is 16.0 Å². The van der Waals surface area contributed by atoms with E-state index in [4.69, 9.17) is 5.73 Å². The van der Waals surface area contributed by atoms with Crippen LogP contribution < -0.4 is 16.5 Å². The van der Waals surface area contributed by atoms with Gasteiger partial charge in [-0.15, -0.1) is 34.4 Å². The maximum atomic E-state index is 13.0. The number of carbonyl (C=O) groups is 3. The number of carboxylic acids is 1. The summed E-state index contributed by atoms with van der Waals surface area (Å²) < 4.78 is 14.1. The van der Waals surface area contributed by atoms with Gasteiger partial charge in [0.1, 0.15) is 22.5 Å². The van der Waals surface area contributed by atoms with E-state index in [9.17, 15) is 28.7 Å². The van der Waals surface area contributed by atoms with Gasteiger partial charge in [0.05, 0.1) is 4.21 Å². The van der Waals surface area contributed by atoms with Crippen molar-refractivity contribution >= 4 is 84.9 Å². The van der Waals surface area contributed by atoms with Crippen molar-refractivity contribution in [2.45, 2.75) is 15.6 Å². The smallest absolute Gasteiger partial charge is 0.316 e. The van der Waals surface area contributed by atoms with Crippen molar-refractivity contribution in [3.8, 4) is 0 Å². The molecule has 11 nitrogen and oxygen atoms in total. The average Bonchev–Trinajstić information content (AvgIpc) is 3.37. The molecule has 2 amide bonds. The number of nitrogens with zero attached hydrogens (tertiary/aromatic N) is 3. The highest BCUT2D eigenvalue weighted by Gasteiger charge is 2.57. The minimum atomic E-state index is -1.36. The van der Waals surface area contributed by atoms with Crippen molar-refractivity contribution in [2.24, 2.45) is 10.6 Å². The van der Waals surface area contributed by atoms with Crippen LogP contribution in [0.4, 0.5) is 9.52 Å². The first kappa shape index (κ1) is 28.1. The molecule has 3 atom stereocenters. The monoisotopic (exact) mass is 621 g/mol. The molecule has 0 bridgehead atoms. The SMILES string of the molecule is Nc1nc(C(=NOCF)C(=O)NC2C(=O)N3CC(C=CSc4cc(=O)c5ccccc5s4)(C(=O)O)CS[C@H]23)cs1. The van der Waals surface area contributed by atoms with Gasteiger partial charge in [0.25, 0.3) is 12.8 Å². The van der Waals surface area contributed by atoms with E-state index < -0.39 is 41.5 Å². The number of aromatic nitrogens is 1. The molecule has 2 aromatic heterocycles. The zero-order valence-electron chi connectivity index (χ0n) is 20.3. The van der Waals surface area contributed by atoms with E-state index in [-0.39, 0.29) is 34.3 Å². The number of nitrogen functional groups attached to an aromatic ring is 1. The maximum absolute atomic E-state index is 13.0. The van der Waals surface area contributed by atoms with Gasteiger partial charge in [-0.2, -0.15) is 0 Å². The minimum absolute atomic E-state index is 0.0670. The summed E-state index contributed by atoms with van der Waals surface area (Å²) in [6.45, 7) is -1.36. The van der Waals surface area contributed by atoms with Crippen LogP contribution >= 0.6 is 46.2 Å². The molecule has 2 fully saturated rings. The number of aliphatic carboxylic acids is 1. The molecule has 1 aromatic carbocycles. The number of oxime groups is 1. The first-order chi connectivity index (χ1) is 19.2. The summed E-state index contributed by atoms with van der Waals surface area (Å²) in [4.78, 5) is 60.3. The number of thioether (sulfide) groups is 2. The third kappa shape index (κ3) is 5.43. The van der Waals surface area contributed by atoms with Crippen LogP contribution in [0.3, 0.4) is 0 Å². The second-order valence-corrected chi connectivity index (χ2v) is 13.0. The summed E-state index contributed by atoms with van der Waals surface area (Å²) in [5.41, 5.74) is 3.87. The number of amides is 2. The fraction of sp³-hybridized carbons (Fsp3) is 0.250. The van der Waals surface area contributed by atoms with Crippen molar-refractivity contribution in [3.05, 3.63) is 63.1 Å². The summed E-state index contributed by atoms with van der Waals surface area (Å²) in [6.07, 6.45) is 1.54. The number of halogens is 1. The normalized spacial score (nSPS) is 22.7. The first-order valence-electron chi connectivity index (χ1n) is 11.5. The predicted molar refractivity (Wildman–Crippen MR) is 153 cm³/mol. The zero-order valence-corrected chi connectivity index (χ0v) is 23.6. The summed E-state index contributed by atoms with van der Waals surface area (Å²) in [6, 6.07) is 7.83. The highest BCUT2D eigenvalue weighted by Crippen LogP contribution is 2.43. The number of thiazole rings is 1. The van der Waals surface area contributed by atoms with Gasteiger partial charge >= 0.3 is 5.97 Å². The molecular formula is C24H20FN5O6S4. The van der Waals surface area contributed by atoms with E-state index in [1.807, 2.05) is 12.1 Å². The van der Waals surface area contributed by atoms with Crippen LogP contribution in [0.15, 0.2) is 61.4 Å². The predicted octanol–water partition coefficient (Wildman–Crippen LogP) is 2.72. The van der Waals surface area contributed by atoms with Gasteiger partial charge in [-0.3, -0.25) is 19.2 Å².